The molecule has 3 aromatic heterocycles. The van der Waals surface area contributed by atoms with Gasteiger partial charge in [-0.1, -0.05) is 0 Å². The average molecular weight is 341 g/mol. The van der Waals surface area contributed by atoms with E-state index in [9.17, 15) is 15.2 Å². The fraction of sp³-hybridized carbons (Fsp3) is 0.176. The number of hydrogen-bond donors (Lipinski definition) is 2. The Kier molecular flexibility index (Phi) is 4.51. The number of aliphatic hydroxyl groups is 1. The zero-order chi connectivity index (χ0) is 17.1. The third-order valence-electron chi connectivity index (χ3n) is 3.63. The predicted molar refractivity (Wildman–Crippen MR) is 89.1 cm³/mol. The van der Waals surface area contributed by atoms with Crippen LogP contribution in [0, 0.1) is 18.3 Å². The molecule has 7 heteroatoms. The number of aromatic nitrogens is 1. The van der Waals surface area contributed by atoms with Gasteiger partial charge in [0, 0.05) is 18.9 Å². The summed E-state index contributed by atoms with van der Waals surface area (Å²) in [6.07, 6.45) is 2.68. The summed E-state index contributed by atoms with van der Waals surface area (Å²) in [4.78, 5) is 12.5. The molecular formula is C17H15N3O3S. The molecule has 1 unspecified atom stereocenters. The summed E-state index contributed by atoms with van der Waals surface area (Å²) in [6, 6.07) is 7.44. The summed E-state index contributed by atoms with van der Waals surface area (Å²) in [7, 11) is 0. The van der Waals surface area contributed by atoms with Gasteiger partial charge in [0.1, 0.15) is 23.0 Å². The Labute approximate surface area is 142 Å². The molecule has 24 heavy (non-hydrogen) atoms. The smallest absolute Gasteiger partial charge is 0.256 e. The fourth-order valence-corrected chi connectivity index (χ4v) is 3.13. The van der Waals surface area contributed by atoms with Crippen LogP contribution in [0.5, 0.6) is 0 Å². The Morgan fingerprint density at radius 1 is 1.50 bits per heavy atom. The zero-order valence-corrected chi connectivity index (χ0v) is 13.7. The van der Waals surface area contributed by atoms with Crippen LogP contribution >= 0.6 is 11.3 Å². The number of hydrogen-bond acceptors (Lipinski definition) is 5. The van der Waals surface area contributed by atoms with E-state index in [-0.39, 0.29) is 17.7 Å². The lowest BCUT2D eigenvalue weighted by atomic mass is 10.1. The molecule has 6 nitrogen and oxygen atoms in total. The summed E-state index contributed by atoms with van der Waals surface area (Å²) in [6.45, 7) is 1.70. The van der Waals surface area contributed by atoms with Crippen molar-refractivity contribution in [1.82, 2.24) is 9.88 Å². The molecule has 2 N–H and O–H groups in total. The van der Waals surface area contributed by atoms with Crippen molar-refractivity contribution in [2.75, 3.05) is 6.54 Å². The molecule has 1 amide bonds. The van der Waals surface area contributed by atoms with E-state index in [1.165, 1.54) is 11.3 Å². The van der Waals surface area contributed by atoms with Gasteiger partial charge in [0.25, 0.3) is 5.91 Å². The monoisotopic (exact) mass is 341 g/mol. The Morgan fingerprint density at radius 3 is 2.88 bits per heavy atom. The first kappa shape index (κ1) is 16.1. The van der Waals surface area contributed by atoms with Crippen molar-refractivity contribution in [1.29, 1.82) is 5.26 Å². The topological polar surface area (TPSA) is 91.2 Å². The number of aryl methyl sites for hydroxylation is 1. The molecule has 0 aliphatic carbocycles. The van der Waals surface area contributed by atoms with Crippen LogP contribution in [-0.2, 0) is 0 Å². The minimum atomic E-state index is -0.790. The quantitative estimate of drug-likeness (QED) is 0.746. The molecule has 3 rings (SSSR count). The van der Waals surface area contributed by atoms with Gasteiger partial charge in [0.15, 0.2) is 0 Å². The number of nitrogens with zero attached hydrogens (tertiary/aromatic N) is 2. The molecule has 3 heterocycles. The van der Waals surface area contributed by atoms with E-state index >= 15 is 0 Å². The number of amides is 1. The Hall–Kier alpha value is -2.82. The summed E-state index contributed by atoms with van der Waals surface area (Å²) in [5.74, 6) is 0.224. The highest BCUT2D eigenvalue weighted by molar-refractivity contribution is 7.07. The van der Waals surface area contributed by atoms with E-state index in [1.807, 2.05) is 16.8 Å². The normalized spacial score (nSPS) is 11.9. The van der Waals surface area contributed by atoms with Crippen LogP contribution in [0.2, 0.25) is 0 Å². The molecule has 0 spiro atoms. The third-order valence-corrected chi connectivity index (χ3v) is 4.33. The maximum atomic E-state index is 12.5. The van der Waals surface area contributed by atoms with E-state index in [1.54, 1.807) is 42.1 Å². The van der Waals surface area contributed by atoms with Crippen LogP contribution in [0.1, 0.15) is 33.3 Å². The first-order valence-corrected chi connectivity index (χ1v) is 8.21. The summed E-state index contributed by atoms with van der Waals surface area (Å²) < 4.78 is 7.24. The highest BCUT2D eigenvalue weighted by Gasteiger charge is 2.24. The van der Waals surface area contributed by atoms with Gasteiger partial charge in [0.05, 0.1) is 6.10 Å². The lowest BCUT2D eigenvalue weighted by Crippen LogP contribution is -2.29. The minimum Gasteiger partial charge on any atom is -0.443 e. The van der Waals surface area contributed by atoms with E-state index < -0.39 is 12.0 Å². The average Bonchev–Trinajstić information content (AvgIpc) is 3.31. The molecule has 0 aromatic carbocycles. The second kappa shape index (κ2) is 6.74. The maximum absolute atomic E-state index is 12.5. The Balaban J connectivity index is 1.81. The highest BCUT2D eigenvalue weighted by atomic mass is 32.1. The van der Waals surface area contributed by atoms with Crippen LogP contribution < -0.4 is 5.32 Å². The molecule has 0 radical (unpaired) electrons. The molecule has 1 atom stereocenters. The van der Waals surface area contributed by atoms with Gasteiger partial charge < -0.3 is 14.8 Å². The van der Waals surface area contributed by atoms with Crippen molar-refractivity contribution in [3.05, 3.63) is 63.8 Å². The second-order valence-electron chi connectivity index (χ2n) is 5.20. The van der Waals surface area contributed by atoms with Gasteiger partial charge in [-0.05, 0) is 41.4 Å². The van der Waals surface area contributed by atoms with Crippen LogP contribution in [-0.4, -0.2) is 22.1 Å². The third kappa shape index (κ3) is 2.97. The second-order valence-corrected chi connectivity index (χ2v) is 5.98. The summed E-state index contributed by atoms with van der Waals surface area (Å²) in [5.41, 5.74) is 1.11. The van der Waals surface area contributed by atoms with Crippen LogP contribution in [0.4, 0.5) is 0 Å². The molecule has 122 valence electrons. The Bertz CT molecular complexity index is 873. The molecule has 0 fully saturated rings. The first-order chi connectivity index (χ1) is 11.6. The standard InChI is InChI=1S/C17H15N3O3S/c1-11-15(13(8-18)17(23-11)20-5-2-3-6-20)16(22)19-9-14(21)12-4-7-24-10-12/h2-7,10,14,21H,9H2,1H3,(H,19,22). The van der Waals surface area contributed by atoms with Crippen LogP contribution in [0.3, 0.4) is 0 Å². The van der Waals surface area contributed by atoms with E-state index in [2.05, 4.69) is 5.32 Å². The molecular weight excluding hydrogens is 326 g/mol. The van der Waals surface area contributed by atoms with Gasteiger partial charge in [-0.25, -0.2) is 0 Å². The number of carbonyl (C=O) groups excluding carboxylic acids is 1. The van der Waals surface area contributed by atoms with Gasteiger partial charge in [-0.15, -0.1) is 0 Å². The van der Waals surface area contributed by atoms with Gasteiger partial charge >= 0.3 is 0 Å². The lowest BCUT2D eigenvalue weighted by molar-refractivity contribution is 0.0915. The fourth-order valence-electron chi connectivity index (χ4n) is 2.42. The largest absolute Gasteiger partial charge is 0.443 e. The molecule has 3 aromatic rings. The minimum absolute atomic E-state index is 0.0594. The highest BCUT2D eigenvalue weighted by Crippen LogP contribution is 2.25. The van der Waals surface area contributed by atoms with Crippen molar-refractivity contribution in [3.8, 4) is 12.0 Å². The number of furan rings is 1. The summed E-state index contributed by atoms with van der Waals surface area (Å²) in [5, 5.41) is 25.8. The van der Waals surface area contributed by atoms with Crippen molar-refractivity contribution >= 4 is 17.2 Å². The first-order valence-electron chi connectivity index (χ1n) is 7.27. The molecule has 0 aliphatic rings. The molecule has 0 bridgehead atoms. The van der Waals surface area contributed by atoms with Crippen LogP contribution in [0.15, 0.2) is 45.8 Å². The SMILES string of the molecule is Cc1oc(-n2cccc2)c(C#N)c1C(=O)NCC(O)c1ccsc1. The number of thiophene rings is 1. The van der Waals surface area contributed by atoms with Crippen LogP contribution in [0.25, 0.3) is 5.88 Å². The van der Waals surface area contributed by atoms with Gasteiger partial charge in [-0.2, -0.15) is 16.6 Å². The van der Waals surface area contributed by atoms with E-state index in [4.69, 9.17) is 4.42 Å². The zero-order valence-electron chi connectivity index (χ0n) is 12.9. The van der Waals surface area contributed by atoms with Gasteiger partial charge in [-0.3, -0.25) is 9.36 Å². The molecule has 0 aliphatic heterocycles. The van der Waals surface area contributed by atoms with E-state index in [0.29, 0.717) is 11.6 Å². The number of nitrogens with one attached hydrogen (secondary N) is 1. The maximum Gasteiger partial charge on any atom is 0.256 e. The van der Waals surface area contributed by atoms with Crippen molar-refractivity contribution < 1.29 is 14.3 Å². The predicted octanol–water partition coefficient (Wildman–Crippen LogP) is 2.78. The lowest BCUT2D eigenvalue weighted by Gasteiger charge is -2.10. The molecule has 0 saturated heterocycles. The van der Waals surface area contributed by atoms with E-state index in [0.717, 1.165) is 5.56 Å². The van der Waals surface area contributed by atoms with Crippen molar-refractivity contribution in [3.63, 3.8) is 0 Å². The van der Waals surface area contributed by atoms with Crippen molar-refractivity contribution in [2.45, 2.75) is 13.0 Å². The Morgan fingerprint density at radius 2 is 2.25 bits per heavy atom. The number of aliphatic hydroxyl groups excluding tert-OH is 1. The molecule has 0 saturated carbocycles. The van der Waals surface area contributed by atoms with Crippen molar-refractivity contribution in [2.24, 2.45) is 0 Å². The number of rotatable bonds is 5. The number of carbonyl (C=O) groups is 1. The summed E-state index contributed by atoms with van der Waals surface area (Å²) >= 11 is 1.48. The van der Waals surface area contributed by atoms with Gasteiger partial charge in [0.2, 0.25) is 5.88 Å². The number of nitriles is 1.